The molecule has 0 aliphatic carbocycles. The second-order valence-electron chi connectivity index (χ2n) is 6.08. The lowest BCUT2D eigenvalue weighted by Crippen LogP contribution is -2.43. The van der Waals surface area contributed by atoms with Gasteiger partial charge in [0.05, 0.1) is 26.4 Å². The summed E-state index contributed by atoms with van der Waals surface area (Å²) in [4.78, 5) is 0.314. The van der Waals surface area contributed by atoms with Crippen LogP contribution in [0.2, 0.25) is 0 Å². The highest BCUT2D eigenvalue weighted by molar-refractivity contribution is 7.91. The molecule has 0 spiro atoms. The van der Waals surface area contributed by atoms with Gasteiger partial charge in [0, 0.05) is 6.04 Å². The van der Waals surface area contributed by atoms with Gasteiger partial charge in [-0.3, -0.25) is 0 Å². The molecular weight excluding hydrogens is 306 g/mol. The van der Waals surface area contributed by atoms with E-state index in [9.17, 15) is 12.6 Å². The van der Waals surface area contributed by atoms with Gasteiger partial charge in [-0.15, -0.1) is 0 Å². The van der Waals surface area contributed by atoms with E-state index in [1.165, 1.54) is 0 Å². The fourth-order valence-electron chi connectivity index (χ4n) is 1.84. The summed E-state index contributed by atoms with van der Waals surface area (Å²) < 4.78 is 39.6. The Kier molecular flexibility index (Phi) is 6.56. The molecule has 0 aromatic heterocycles. The number of hydrogen-bond acceptors (Lipinski definition) is 3. The van der Waals surface area contributed by atoms with Crippen LogP contribution in [0.3, 0.4) is 0 Å². The van der Waals surface area contributed by atoms with Gasteiger partial charge < -0.3 is 0 Å². The van der Waals surface area contributed by atoms with Crippen LogP contribution >= 0.6 is 0 Å². The third-order valence-electron chi connectivity index (χ3n) is 2.99. The maximum atomic E-state index is 12.4. The van der Waals surface area contributed by atoms with Crippen LogP contribution in [0.25, 0.3) is 0 Å². The fraction of sp³-hybridized carbons (Fsp3) is 0.600. The average molecular weight is 332 g/mol. The SMILES string of the molecule is CCC[C@H](CS(=O)(=O)c1ccccc1)NS(=O)C(C)(C)C. The molecule has 0 aliphatic rings. The molecule has 0 bridgehead atoms. The molecule has 0 aliphatic heterocycles. The summed E-state index contributed by atoms with van der Waals surface area (Å²) in [7, 11) is -4.64. The van der Waals surface area contributed by atoms with Crippen LogP contribution in [0.5, 0.6) is 0 Å². The van der Waals surface area contributed by atoms with Crippen LogP contribution in [0, 0.1) is 0 Å². The van der Waals surface area contributed by atoms with Crippen molar-refractivity contribution in [3.63, 3.8) is 0 Å². The third-order valence-corrected chi connectivity index (χ3v) is 6.48. The molecular formula is C15H25NO3S2. The molecule has 0 fully saturated rings. The van der Waals surface area contributed by atoms with Crippen LogP contribution in [0.15, 0.2) is 35.2 Å². The smallest absolute Gasteiger partial charge is 0.179 e. The van der Waals surface area contributed by atoms with Gasteiger partial charge in [0.25, 0.3) is 0 Å². The van der Waals surface area contributed by atoms with Gasteiger partial charge in [-0.2, -0.15) is 0 Å². The summed E-state index contributed by atoms with van der Waals surface area (Å²) in [5, 5.41) is 0. The van der Waals surface area contributed by atoms with Gasteiger partial charge >= 0.3 is 0 Å². The standard InChI is InChI=1S/C15H25NO3S2/c1-5-9-13(16-20(17)15(2,3)4)12-21(18,19)14-10-7-6-8-11-14/h6-8,10-11,13,16H,5,9,12H2,1-4H3/t13-,20?/m1/s1. The summed E-state index contributed by atoms with van der Waals surface area (Å²) in [6, 6.07) is 8.10. The maximum absolute atomic E-state index is 12.4. The van der Waals surface area contributed by atoms with Crippen molar-refractivity contribution in [3.05, 3.63) is 30.3 Å². The lowest BCUT2D eigenvalue weighted by molar-refractivity contribution is 0.553. The molecule has 1 unspecified atom stereocenters. The van der Waals surface area contributed by atoms with Crippen molar-refractivity contribution in [2.24, 2.45) is 0 Å². The third kappa shape index (κ3) is 5.88. The van der Waals surface area contributed by atoms with Crippen molar-refractivity contribution in [3.8, 4) is 0 Å². The van der Waals surface area contributed by atoms with Gasteiger partial charge in [-0.25, -0.2) is 17.3 Å². The molecule has 0 saturated heterocycles. The zero-order valence-electron chi connectivity index (χ0n) is 13.1. The van der Waals surface area contributed by atoms with Crippen LogP contribution < -0.4 is 4.72 Å². The first-order valence-electron chi connectivity index (χ1n) is 7.12. The lowest BCUT2D eigenvalue weighted by atomic mass is 10.2. The number of nitrogens with one attached hydrogen (secondary N) is 1. The highest BCUT2D eigenvalue weighted by atomic mass is 32.2. The minimum atomic E-state index is -3.37. The molecule has 1 aromatic carbocycles. The number of sulfone groups is 1. The van der Waals surface area contributed by atoms with Crippen LogP contribution in [0.1, 0.15) is 40.5 Å². The van der Waals surface area contributed by atoms with E-state index in [2.05, 4.69) is 4.72 Å². The molecule has 0 radical (unpaired) electrons. The Morgan fingerprint density at radius 2 is 1.76 bits per heavy atom. The molecule has 4 nitrogen and oxygen atoms in total. The quantitative estimate of drug-likeness (QED) is 0.835. The second kappa shape index (κ2) is 7.51. The molecule has 0 heterocycles. The minimum absolute atomic E-state index is 0.0350. The molecule has 2 atom stereocenters. The Labute approximate surface area is 130 Å². The zero-order chi connectivity index (χ0) is 16.1. The second-order valence-corrected chi connectivity index (χ2v) is 10.1. The van der Waals surface area contributed by atoms with Crippen molar-refractivity contribution in [2.75, 3.05) is 5.75 Å². The Morgan fingerprint density at radius 3 is 2.24 bits per heavy atom. The van der Waals surface area contributed by atoms with E-state index in [1.807, 2.05) is 27.7 Å². The molecule has 0 saturated carbocycles. The number of benzene rings is 1. The molecule has 1 aromatic rings. The molecule has 0 amide bonds. The van der Waals surface area contributed by atoms with E-state index in [4.69, 9.17) is 0 Å². The van der Waals surface area contributed by atoms with Gasteiger partial charge in [-0.05, 0) is 39.3 Å². The predicted octanol–water partition coefficient (Wildman–Crippen LogP) is 2.68. The highest BCUT2D eigenvalue weighted by Gasteiger charge is 2.26. The van der Waals surface area contributed by atoms with E-state index in [1.54, 1.807) is 30.3 Å². The molecule has 120 valence electrons. The van der Waals surface area contributed by atoms with Gasteiger partial charge in [0.15, 0.2) is 9.84 Å². The van der Waals surface area contributed by atoms with Crippen molar-refractivity contribution in [1.82, 2.24) is 4.72 Å². The summed E-state index contributed by atoms with van der Waals surface area (Å²) in [5.74, 6) is -0.0350. The molecule has 1 N–H and O–H groups in total. The largest absolute Gasteiger partial charge is 0.242 e. The summed E-state index contributed by atoms with van der Waals surface area (Å²) in [5.41, 5.74) is 0. The monoisotopic (exact) mass is 331 g/mol. The minimum Gasteiger partial charge on any atom is -0.242 e. The lowest BCUT2D eigenvalue weighted by Gasteiger charge is -2.24. The van der Waals surface area contributed by atoms with Crippen LogP contribution in [0.4, 0.5) is 0 Å². The van der Waals surface area contributed by atoms with Crippen molar-refractivity contribution in [1.29, 1.82) is 0 Å². The fourth-order valence-corrected chi connectivity index (χ4v) is 4.35. The zero-order valence-corrected chi connectivity index (χ0v) is 14.8. The van der Waals surface area contributed by atoms with E-state index >= 15 is 0 Å². The van der Waals surface area contributed by atoms with E-state index < -0.39 is 25.6 Å². The maximum Gasteiger partial charge on any atom is 0.179 e. The van der Waals surface area contributed by atoms with Gasteiger partial charge in [0.1, 0.15) is 0 Å². The Bertz CT molecular complexity index is 562. The van der Waals surface area contributed by atoms with Crippen LogP contribution in [-0.2, 0) is 20.8 Å². The summed E-state index contributed by atoms with van der Waals surface area (Å²) in [6.45, 7) is 7.59. The van der Waals surface area contributed by atoms with E-state index in [-0.39, 0.29) is 11.8 Å². The molecule has 6 heteroatoms. The van der Waals surface area contributed by atoms with Crippen molar-refractivity contribution >= 4 is 20.8 Å². The first-order valence-corrected chi connectivity index (χ1v) is 9.93. The number of hydrogen-bond donors (Lipinski definition) is 1. The van der Waals surface area contributed by atoms with E-state index in [0.29, 0.717) is 11.3 Å². The first-order chi connectivity index (χ1) is 9.66. The van der Waals surface area contributed by atoms with E-state index in [0.717, 1.165) is 6.42 Å². The van der Waals surface area contributed by atoms with Crippen molar-refractivity contribution < 1.29 is 12.6 Å². The molecule has 21 heavy (non-hydrogen) atoms. The summed E-state index contributed by atoms with van der Waals surface area (Å²) >= 11 is 0. The predicted molar refractivity (Wildman–Crippen MR) is 88.2 cm³/mol. The first kappa shape index (κ1) is 18.3. The number of rotatable bonds is 7. The normalized spacial score (nSPS) is 15.6. The van der Waals surface area contributed by atoms with Crippen LogP contribution in [-0.4, -0.2) is 29.2 Å². The highest BCUT2D eigenvalue weighted by Crippen LogP contribution is 2.15. The molecule has 1 rings (SSSR count). The Balaban J connectivity index is 2.86. The van der Waals surface area contributed by atoms with Gasteiger partial charge in [0.2, 0.25) is 0 Å². The Morgan fingerprint density at radius 1 is 1.19 bits per heavy atom. The van der Waals surface area contributed by atoms with Gasteiger partial charge in [-0.1, -0.05) is 31.5 Å². The topological polar surface area (TPSA) is 63.2 Å². The Hall–Kier alpha value is -0.720. The summed E-state index contributed by atoms with van der Waals surface area (Å²) in [6.07, 6.45) is 1.51. The average Bonchev–Trinajstić information content (AvgIpc) is 2.38. The van der Waals surface area contributed by atoms with Crippen molar-refractivity contribution in [2.45, 2.75) is 56.2 Å².